The van der Waals surface area contributed by atoms with Crippen molar-refractivity contribution in [2.45, 2.75) is 46.0 Å². The molecule has 0 spiro atoms. The van der Waals surface area contributed by atoms with Crippen LogP contribution in [0, 0.1) is 5.92 Å². The van der Waals surface area contributed by atoms with Crippen molar-refractivity contribution in [1.82, 2.24) is 9.97 Å². The first-order chi connectivity index (χ1) is 10.3. The molecule has 2 aromatic heterocycles. The molecule has 2 aromatic rings. The average molecular weight is 305 g/mol. The molecule has 1 aliphatic rings. The summed E-state index contributed by atoms with van der Waals surface area (Å²) in [4.78, 5) is 11.5. The van der Waals surface area contributed by atoms with E-state index in [2.05, 4.69) is 35.2 Å². The SMILES string of the molecule is CCNc1nc(OCCC2CCC2)c2cc(CC)sc2n1. The van der Waals surface area contributed by atoms with Crippen LogP contribution < -0.4 is 10.1 Å². The van der Waals surface area contributed by atoms with Crippen molar-refractivity contribution in [2.24, 2.45) is 5.92 Å². The van der Waals surface area contributed by atoms with E-state index >= 15 is 0 Å². The Morgan fingerprint density at radius 1 is 1.33 bits per heavy atom. The van der Waals surface area contributed by atoms with Crippen LogP contribution in [0.4, 0.5) is 5.95 Å². The molecule has 21 heavy (non-hydrogen) atoms. The van der Waals surface area contributed by atoms with Gasteiger partial charge in [-0.05, 0) is 31.7 Å². The van der Waals surface area contributed by atoms with E-state index in [1.54, 1.807) is 11.3 Å². The molecule has 0 radical (unpaired) electrons. The van der Waals surface area contributed by atoms with Gasteiger partial charge in [0.05, 0.1) is 12.0 Å². The molecule has 0 unspecified atom stereocenters. The Kier molecular flexibility index (Phi) is 4.58. The van der Waals surface area contributed by atoms with Crippen molar-refractivity contribution in [3.05, 3.63) is 10.9 Å². The first-order valence-electron chi connectivity index (χ1n) is 7.97. The number of thiophene rings is 1. The summed E-state index contributed by atoms with van der Waals surface area (Å²) in [6, 6.07) is 2.18. The van der Waals surface area contributed by atoms with E-state index in [0.29, 0.717) is 5.95 Å². The highest BCUT2D eigenvalue weighted by molar-refractivity contribution is 7.18. The third-order valence-corrected chi connectivity index (χ3v) is 5.26. The molecule has 0 aromatic carbocycles. The molecule has 1 N–H and O–H groups in total. The molecule has 2 heterocycles. The van der Waals surface area contributed by atoms with Crippen LogP contribution >= 0.6 is 11.3 Å². The van der Waals surface area contributed by atoms with Gasteiger partial charge in [0, 0.05) is 11.4 Å². The Morgan fingerprint density at radius 2 is 2.19 bits per heavy atom. The Balaban J connectivity index is 1.80. The topological polar surface area (TPSA) is 47.0 Å². The van der Waals surface area contributed by atoms with Gasteiger partial charge in [-0.25, -0.2) is 4.98 Å². The number of rotatable bonds is 7. The number of anilines is 1. The van der Waals surface area contributed by atoms with Crippen molar-refractivity contribution in [3.8, 4) is 5.88 Å². The fourth-order valence-corrected chi connectivity index (χ4v) is 3.53. The van der Waals surface area contributed by atoms with E-state index in [1.807, 2.05) is 0 Å². The molecule has 114 valence electrons. The van der Waals surface area contributed by atoms with Gasteiger partial charge in [-0.3, -0.25) is 0 Å². The normalized spacial score (nSPS) is 15.1. The lowest BCUT2D eigenvalue weighted by molar-refractivity contribution is 0.219. The van der Waals surface area contributed by atoms with Crippen LogP contribution in [0.3, 0.4) is 0 Å². The lowest BCUT2D eigenvalue weighted by Gasteiger charge is -2.24. The van der Waals surface area contributed by atoms with Crippen LogP contribution in [0.5, 0.6) is 5.88 Å². The Morgan fingerprint density at radius 3 is 2.86 bits per heavy atom. The maximum Gasteiger partial charge on any atom is 0.227 e. The van der Waals surface area contributed by atoms with Gasteiger partial charge in [-0.2, -0.15) is 4.98 Å². The largest absolute Gasteiger partial charge is 0.477 e. The van der Waals surface area contributed by atoms with Crippen molar-refractivity contribution in [1.29, 1.82) is 0 Å². The molecule has 0 saturated heterocycles. The Hall–Kier alpha value is -1.36. The molecule has 1 fully saturated rings. The van der Waals surface area contributed by atoms with Gasteiger partial charge in [0.2, 0.25) is 11.8 Å². The van der Waals surface area contributed by atoms with Crippen LogP contribution in [0.15, 0.2) is 6.07 Å². The molecule has 0 bridgehead atoms. The van der Waals surface area contributed by atoms with E-state index in [1.165, 1.54) is 24.1 Å². The van der Waals surface area contributed by atoms with Gasteiger partial charge >= 0.3 is 0 Å². The van der Waals surface area contributed by atoms with E-state index < -0.39 is 0 Å². The van der Waals surface area contributed by atoms with Gasteiger partial charge in [0.15, 0.2) is 0 Å². The second-order valence-electron chi connectivity index (χ2n) is 5.60. The zero-order chi connectivity index (χ0) is 14.7. The summed E-state index contributed by atoms with van der Waals surface area (Å²) in [5, 5.41) is 4.26. The molecule has 3 rings (SSSR count). The van der Waals surface area contributed by atoms with E-state index in [0.717, 1.165) is 48.0 Å². The fraction of sp³-hybridized carbons (Fsp3) is 0.625. The number of hydrogen-bond donors (Lipinski definition) is 1. The van der Waals surface area contributed by atoms with Crippen molar-refractivity contribution >= 4 is 27.5 Å². The monoisotopic (exact) mass is 305 g/mol. The number of nitrogens with zero attached hydrogens (tertiary/aromatic N) is 2. The summed E-state index contributed by atoms with van der Waals surface area (Å²) in [5.41, 5.74) is 0. The lowest BCUT2D eigenvalue weighted by atomic mass is 9.83. The van der Waals surface area contributed by atoms with Crippen LogP contribution in [0.25, 0.3) is 10.2 Å². The standard InChI is InChI=1S/C16H23N3OS/c1-3-12-10-13-14(20-9-8-11-6-5-7-11)18-16(17-4-2)19-15(13)21-12/h10-11H,3-9H2,1-2H3,(H,17,18,19). The van der Waals surface area contributed by atoms with Crippen molar-refractivity contribution < 1.29 is 4.74 Å². The number of nitrogens with one attached hydrogen (secondary N) is 1. The maximum absolute atomic E-state index is 5.99. The van der Waals surface area contributed by atoms with Crippen LogP contribution in [0.2, 0.25) is 0 Å². The van der Waals surface area contributed by atoms with Crippen LogP contribution in [0.1, 0.15) is 44.4 Å². The van der Waals surface area contributed by atoms with Gasteiger partial charge in [0.25, 0.3) is 0 Å². The summed E-state index contributed by atoms with van der Waals surface area (Å²) in [6.45, 7) is 5.80. The van der Waals surface area contributed by atoms with Gasteiger partial charge in [-0.15, -0.1) is 11.3 Å². The lowest BCUT2D eigenvalue weighted by Crippen LogP contribution is -2.15. The highest BCUT2D eigenvalue weighted by Gasteiger charge is 2.18. The predicted molar refractivity (Wildman–Crippen MR) is 88.4 cm³/mol. The maximum atomic E-state index is 5.99. The van der Waals surface area contributed by atoms with Gasteiger partial charge in [0.1, 0.15) is 4.83 Å². The van der Waals surface area contributed by atoms with Crippen molar-refractivity contribution in [2.75, 3.05) is 18.5 Å². The fourth-order valence-electron chi connectivity index (χ4n) is 2.57. The molecular formula is C16H23N3OS. The first kappa shape index (κ1) is 14.6. The average Bonchev–Trinajstić information content (AvgIpc) is 2.85. The minimum atomic E-state index is 0.674. The highest BCUT2D eigenvalue weighted by Crippen LogP contribution is 2.33. The van der Waals surface area contributed by atoms with E-state index in [9.17, 15) is 0 Å². The third kappa shape index (κ3) is 3.28. The molecule has 0 amide bonds. The number of hydrogen-bond acceptors (Lipinski definition) is 5. The third-order valence-electron chi connectivity index (χ3n) is 4.08. The quantitative estimate of drug-likeness (QED) is 0.830. The Labute approximate surface area is 129 Å². The number of ether oxygens (including phenoxy) is 1. The van der Waals surface area contributed by atoms with E-state index in [-0.39, 0.29) is 0 Å². The summed E-state index contributed by atoms with van der Waals surface area (Å²) in [5.74, 6) is 2.28. The summed E-state index contributed by atoms with van der Waals surface area (Å²) >= 11 is 1.74. The molecule has 0 aliphatic heterocycles. The smallest absolute Gasteiger partial charge is 0.227 e. The first-order valence-corrected chi connectivity index (χ1v) is 8.79. The molecule has 0 atom stereocenters. The minimum absolute atomic E-state index is 0.674. The minimum Gasteiger partial charge on any atom is -0.477 e. The van der Waals surface area contributed by atoms with Crippen LogP contribution in [-0.2, 0) is 6.42 Å². The number of fused-ring (bicyclic) bond motifs is 1. The molecule has 1 saturated carbocycles. The summed E-state index contributed by atoms with van der Waals surface area (Å²) in [6.07, 6.45) is 6.29. The van der Waals surface area contributed by atoms with Gasteiger partial charge in [-0.1, -0.05) is 26.2 Å². The molecule has 5 heteroatoms. The molecule has 4 nitrogen and oxygen atoms in total. The second-order valence-corrected chi connectivity index (χ2v) is 6.72. The summed E-state index contributed by atoms with van der Waals surface area (Å²) in [7, 11) is 0. The molecule has 1 aliphatic carbocycles. The highest BCUT2D eigenvalue weighted by atomic mass is 32.1. The number of aromatic nitrogens is 2. The number of aryl methyl sites for hydroxylation is 1. The van der Waals surface area contributed by atoms with Crippen LogP contribution in [-0.4, -0.2) is 23.1 Å². The summed E-state index contributed by atoms with van der Waals surface area (Å²) < 4.78 is 5.99. The zero-order valence-corrected chi connectivity index (χ0v) is 13.6. The predicted octanol–water partition coefficient (Wildman–Crippen LogP) is 4.25. The van der Waals surface area contributed by atoms with E-state index in [4.69, 9.17) is 4.74 Å². The zero-order valence-electron chi connectivity index (χ0n) is 12.8. The Bertz CT molecular complexity index is 607. The van der Waals surface area contributed by atoms with Gasteiger partial charge < -0.3 is 10.1 Å². The second kappa shape index (κ2) is 6.60. The molecular weight excluding hydrogens is 282 g/mol. The van der Waals surface area contributed by atoms with Crippen molar-refractivity contribution in [3.63, 3.8) is 0 Å².